The van der Waals surface area contributed by atoms with Gasteiger partial charge >= 0.3 is 0 Å². The first-order valence-corrected chi connectivity index (χ1v) is 20.8. The first-order chi connectivity index (χ1) is 29.8. The minimum absolute atomic E-state index is 0.231. The van der Waals surface area contributed by atoms with Gasteiger partial charge in [0, 0.05) is 34.4 Å². The molecule has 11 rings (SSSR count). The second kappa shape index (κ2) is 15.2. The number of anilines is 5. The Morgan fingerprint density at radius 1 is 0.367 bits per heavy atom. The van der Waals surface area contributed by atoms with Crippen LogP contribution in [0.4, 0.5) is 28.4 Å². The molecule has 0 bridgehead atoms. The highest BCUT2D eigenvalue weighted by molar-refractivity contribution is 5.96. The summed E-state index contributed by atoms with van der Waals surface area (Å²) >= 11 is 0. The minimum Gasteiger partial charge on any atom is -0.333 e. The molecule has 284 valence electrons. The van der Waals surface area contributed by atoms with Crippen LogP contribution in [0.3, 0.4) is 0 Å². The van der Waals surface area contributed by atoms with E-state index in [1.807, 2.05) is 0 Å². The van der Waals surface area contributed by atoms with Crippen molar-refractivity contribution in [1.29, 1.82) is 0 Å². The van der Waals surface area contributed by atoms with Gasteiger partial charge in [0.15, 0.2) is 0 Å². The molecular weight excluding hydrogens is 725 g/mol. The molecule has 0 saturated carbocycles. The van der Waals surface area contributed by atoms with E-state index >= 15 is 0 Å². The zero-order valence-electron chi connectivity index (χ0n) is 33.1. The Hall–Kier alpha value is -7.68. The van der Waals surface area contributed by atoms with Gasteiger partial charge in [0.25, 0.3) is 0 Å². The number of hydrogen-bond donors (Lipinski definition) is 0. The average molecular weight is 767 g/mol. The van der Waals surface area contributed by atoms with E-state index in [0.29, 0.717) is 5.92 Å². The van der Waals surface area contributed by atoms with E-state index < -0.39 is 0 Å². The molecule has 2 unspecified atom stereocenters. The Bertz CT molecular complexity index is 3020. The maximum atomic E-state index is 2.53. The van der Waals surface area contributed by atoms with Crippen LogP contribution in [-0.2, 0) is 0 Å². The third kappa shape index (κ3) is 6.40. The topological polar surface area (TPSA) is 6.48 Å². The van der Waals surface area contributed by atoms with E-state index in [-0.39, 0.29) is 6.04 Å². The Balaban J connectivity index is 1.01. The Labute approximate surface area is 352 Å². The van der Waals surface area contributed by atoms with Crippen molar-refractivity contribution in [2.45, 2.75) is 12.0 Å². The van der Waals surface area contributed by atoms with Gasteiger partial charge in [-0.25, -0.2) is 0 Å². The van der Waals surface area contributed by atoms with Gasteiger partial charge in [0.1, 0.15) is 0 Å². The molecule has 1 aliphatic carbocycles. The molecule has 9 aromatic rings. The second-order valence-corrected chi connectivity index (χ2v) is 15.7. The van der Waals surface area contributed by atoms with Crippen LogP contribution in [0.2, 0.25) is 0 Å². The van der Waals surface area contributed by atoms with Crippen LogP contribution < -0.4 is 9.80 Å². The van der Waals surface area contributed by atoms with Crippen molar-refractivity contribution in [2.75, 3.05) is 9.80 Å². The Kier molecular flexibility index (Phi) is 9.02. The van der Waals surface area contributed by atoms with Crippen LogP contribution in [0.15, 0.2) is 243 Å². The molecular formula is C58H42N2. The van der Waals surface area contributed by atoms with Crippen molar-refractivity contribution in [3.63, 3.8) is 0 Å². The first-order valence-electron chi connectivity index (χ1n) is 20.8. The second-order valence-electron chi connectivity index (χ2n) is 15.7. The highest BCUT2D eigenvalue weighted by Gasteiger charge is 2.38. The number of fused-ring (bicyclic) bond motifs is 5. The van der Waals surface area contributed by atoms with E-state index in [0.717, 1.165) is 17.1 Å². The average Bonchev–Trinajstić information content (AvgIpc) is 3.68. The van der Waals surface area contributed by atoms with Crippen LogP contribution >= 0.6 is 0 Å². The largest absolute Gasteiger partial charge is 0.333 e. The van der Waals surface area contributed by atoms with Crippen molar-refractivity contribution in [3.8, 4) is 44.5 Å². The van der Waals surface area contributed by atoms with Gasteiger partial charge in [0.2, 0.25) is 0 Å². The SMILES string of the molecule is C1=CC2c3c(ccc4ccccc34)N(c3ccc(-c4ccc(N(c5ccc(-c6ccccc6)cc5)c5cccc(-c6ccccc6)c5)cc4-c4ccccc4)cc3)C2C=C1. The fraction of sp³-hybridized carbons (Fsp3) is 0.0345. The van der Waals surface area contributed by atoms with E-state index in [1.54, 1.807) is 0 Å². The summed E-state index contributed by atoms with van der Waals surface area (Å²) in [5.41, 5.74) is 16.7. The Morgan fingerprint density at radius 2 is 0.933 bits per heavy atom. The number of benzene rings is 9. The third-order valence-electron chi connectivity index (χ3n) is 12.2. The van der Waals surface area contributed by atoms with Crippen LogP contribution in [0.1, 0.15) is 11.5 Å². The van der Waals surface area contributed by atoms with Gasteiger partial charge in [-0.1, -0.05) is 188 Å². The molecule has 0 amide bonds. The lowest BCUT2D eigenvalue weighted by atomic mass is 9.88. The molecule has 2 nitrogen and oxygen atoms in total. The van der Waals surface area contributed by atoms with Gasteiger partial charge in [-0.2, -0.15) is 0 Å². The molecule has 0 aromatic heterocycles. The number of allylic oxidation sites excluding steroid dienone is 2. The molecule has 1 aliphatic heterocycles. The number of nitrogens with zero attached hydrogens (tertiary/aromatic N) is 2. The maximum Gasteiger partial charge on any atom is 0.0629 e. The smallest absolute Gasteiger partial charge is 0.0629 e. The Morgan fingerprint density at radius 3 is 1.68 bits per heavy atom. The van der Waals surface area contributed by atoms with Crippen molar-refractivity contribution in [1.82, 2.24) is 0 Å². The van der Waals surface area contributed by atoms with E-state index in [4.69, 9.17) is 0 Å². The highest BCUT2D eigenvalue weighted by atomic mass is 15.2. The minimum atomic E-state index is 0.231. The molecule has 0 radical (unpaired) electrons. The number of rotatable bonds is 8. The fourth-order valence-electron chi connectivity index (χ4n) is 9.34. The first kappa shape index (κ1) is 35.5. The molecule has 9 aromatic carbocycles. The zero-order valence-corrected chi connectivity index (χ0v) is 33.1. The summed E-state index contributed by atoms with van der Waals surface area (Å²) < 4.78 is 0. The van der Waals surface area contributed by atoms with Gasteiger partial charge in [0.05, 0.1) is 6.04 Å². The third-order valence-corrected chi connectivity index (χ3v) is 12.2. The molecule has 2 heteroatoms. The van der Waals surface area contributed by atoms with Crippen LogP contribution in [0, 0.1) is 0 Å². The maximum absolute atomic E-state index is 2.53. The monoisotopic (exact) mass is 766 g/mol. The molecule has 0 spiro atoms. The molecule has 0 fully saturated rings. The quantitative estimate of drug-likeness (QED) is 0.152. The molecule has 1 heterocycles. The predicted octanol–water partition coefficient (Wildman–Crippen LogP) is 15.7. The van der Waals surface area contributed by atoms with Crippen molar-refractivity contribution in [3.05, 3.63) is 248 Å². The van der Waals surface area contributed by atoms with Crippen LogP contribution in [0.25, 0.3) is 55.3 Å². The van der Waals surface area contributed by atoms with Gasteiger partial charge in [-0.15, -0.1) is 0 Å². The van der Waals surface area contributed by atoms with Gasteiger partial charge < -0.3 is 9.80 Å². The molecule has 2 aliphatic rings. The fourth-order valence-corrected chi connectivity index (χ4v) is 9.34. The van der Waals surface area contributed by atoms with Crippen molar-refractivity contribution < 1.29 is 0 Å². The summed E-state index contributed by atoms with van der Waals surface area (Å²) in [5, 5.41) is 2.63. The highest BCUT2D eigenvalue weighted by Crippen LogP contribution is 2.51. The van der Waals surface area contributed by atoms with E-state index in [9.17, 15) is 0 Å². The lowest BCUT2D eigenvalue weighted by molar-refractivity contribution is 0.747. The zero-order chi connectivity index (χ0) is 39.8. The summed E-state index contributed by atoms with van der Waals surface area (Å²) in [4.78, 5) is 4.92. The number of hydrogen-bond acceptors (Lipinski definition) is 2. The lowest BCUT2D eigenvalue weighted by Gasteiger charge is -2.29. The van der Waals surface area contributed by atoms with E-state index in [1.165, 1.54) is 72.2 Å². The molecule has 2 atom stereocenters. The predicted molar refractivity (Wildman–Crippen MR) is 254 cm³/mol. The summed E-state index contributed by atoms with van der Waals surface area (Å²) in [5.74, 6) is 0.305. The van der Waals surface area contributed by atoms with Crippen molar-refractivity contribution in [2.24, 2.45) is 0 Å². The van der Waals surface area contributed by atoms with Crippen LogP contribution in [0.5, 0.6) is 0 Å². The molecule has 0 saturated heterocycles. The summed E-state index contributed by atoms with van der Waals surface area (Å²) in [6, 6.07) is 79.6. The standard InChI is InChI=1S/C58H42N2/c1-4-15-41(16-5-1)43-27-32-48(33-28-43)59(50-23-14-22-47(39-50)42-17-6-2-7-18-42)51-36-37-52(55(40-51)44-19-8-3-9-20-44)46-29-34-49(35-30-46)60-56-26-13-12-25-54(56)58-53-24-11-10-21-45(53)31-38-57(58)60/h1-40,54,56H. The van der Waals surface area contributed by atoms with Gasteiger partial charge in [-0.3, -0.25) is 0 Å². The molecule has 0 N–H and O–H groups in total. The lowest BCUT2D eigenvalue weighted by Crippen LogP contribution is -2.28. The summed E-state index contributed by atoms with van der Waals surface area (Å²) in [6.07, 6.45) is 9.13. The molecule has 60 heavy (non-hydrogen) atoms. The summed E-state index contributed by atoms with van der Waals surface area (Å²) in [7, 11) is 0. The van der Waals surface area contributed by atoms with Gasteiger partial charge in [-0.05, 0) is 115 Å². The van der Waals surface area contributed by atoms with E-state index in [2.05, 4.69) is 252 Å². The normalized spacial score (nSPS) is 15.2. The van der Waals surface area contributed by atoms with Crippen LogP contribution in [-0.4, -0.2) is 6.04 Å². The van der Waals surface area contributed by atoms with Crippen molar-refractivity contribution >= 4 is 39.2 Å². The summed E-state index contributed by atoms with van der Waals surface area (Å²) in [6.45, 7) is 0.